The zero-order valence-corrected chi connectivity index (χ0v) is 20.0. The number of para-hydroxylation sites is 1. The maximum Gasteiger partial charge on any atom is 0.289 e. The van der Waals surface area contributed by atoms with Crippen molar-refractivity contribution in [1.82, 2.24) is 14.7 Å². The van der Waals surface area contributed by atoms with Gasteiger partial charge in [-0.1, -0.05) is 36.8 Å². The largest absolute Gasteiger partial charge is 0.494 e. The van der Waals surface area contributed by atoms with Gasteiger partial charge >= 0.3 is 0 Å². The molecule has 2 aliphatic rings. The van der Waals surface area contributed by atoms with Crippen LogP contribution in [-0.4, -0.2) is 73.0 Å². The second-order valence-electron chi connectivity index (χ2n) is 9.47. The number of nitrogens with zero attached hydrogens (tertiary/aromatic N) is 3. The average Bonchev–Trinajstić information content (AvgIpc) is 3.33. The van der Waals surface area contributed by atoms with Crippen LogP contribution in [0.5, 0.6) is 5.75 Å². The van der Waals surface area contributed by atoms with Gasteiger partial charge in [0.1, 0.15) is 11.3 Å². The quantitative estimate of drug-likeness (QED) is 0.457. The van der Waals surface area contributed by atoms with Crippen molar-refractivity contribution in [2.45, 2.75) is 32.2 Å². The summed E-state index contributed by atoms with van der Waals surface area (Å²) >= 11 is 0. The van der Waals surface area contributed by atoms with Crippen molar-refractivity contribution in [1.29, 1.82) is 0 Å². The molecule has 0 unspecified atom stereocenters. The van der Waals surface area contributed by atoms with Crippen molar-refractivity contribution in [2.75, 3.05) is 52.4 Å². The summed E-state index contributed by atoms with van der Waals surface area (Å²) in [6, 6.07) is 18.1. The number of furan rings is 1. The van der Waals surface area contributed by atoms with E-state index in [0.29, 0.717) is 18.8 Å². The average molecular weight is 462 g/mol. The Morgan fingerprint density at radius 1 is 0.853 bits per heavy atom. The SMILES string of the molecule is O=C(c1cc2ccccc2o1)N1CCN(Cc2ccc(OCCCN3CCCCC3)cc2)CC1. The van der Waals surface area contributed by atoms with Crippen LogP contribution in [0.1, 0.15) is 41.8 Å². The van der Waals surface area contributed by atoms with E-state index in [1.54, 1.807) is 0 Å². The summed E-state index contributed by atoms with van der Waals surface area (Å²) in [5.74, 6) is 1.36. The molecule has 6 nitrogen and oxygen atoms in total. The van der Waals surface area contributed by atoms with Crippen LogP contribution >= 0.6 is 0 Å². The highest BCUT2D eigenvalue weighted by Gasteiger charge is 2.24. The number of carbonyl (C=O) groups is 1. The van der Waals surface area contributed by atoms with Gasteiger partial charge in [-0.2, -0.15) is 0 Å². The summed E-state index contributed by atoms with van der Waals surface area (Å²) in [5.41, 5.74) is 2.04. The predicted octanol–water partition coefficient (Wildman–Crippen LogP) is 4.65. The number of rotatable bonds is 8. The predicted molar refractivity (Wildman–Crippen MR) is 134 cm³/mol. The molecule has 1 aromatic heterocycles. The van der Waals surface area contributed by atoms with Crippen LogP contribution in [0.3, 0.4) is 0 Å². The number of piperazine rings is 1. The third kappa shape index (κ3) is 5.80. The van der Waals surface area contributed by atoms with Gasteiger partial charge < -0.3 is 19.0 Å². The lowest BCUT2D eigenvalue weighted by atomic mass is 10.1. The molecule has 2 fully saturated rings. The minimum atomic E-state index is -0.0161. The lowest BCUT2D eigenvalue weighted by Crippen LogP contribution is -2.48. The first-order valence-electron chi connectivity index (χ1n) is 12.7. The standard InChI is InChI=1S/C28H35N3O3/c32-28(27-21-24-7-2-3-8-26(24)34-27)31-18-16-30(17-19-31)22-23-9-11-25(12-10-23)33-20-6-15-29-13-4-1-5-14-29/h2-3,7-12,21H,1,4-6,13-20,22H2. The number of amides is 1. The minimum Gasteiger partial charge on any atom is -0.494 e. The first-order chi connectivity index (χ1) is 16.7. The van der Waals surface area contributed by atoms with E-state index in [1.807, 2.05) is 35.2 Å². The zero-order valence-electron chi connectivity index (χ0n) is 20.0. The molecule has 5 rings (SSSR count). The lowest BCUT2D eigenvalue weighted by Gasteiger charge is -2.34. The summed E-state index contributed by atoms with van der Waals surface area (Å²) in [7, 11) is 0. The van der Waals surface area contributed by atoms with E-state index in [1.165, 1.54) is 37.9 Å². The molecule has 0 spiro atoms. The molecule has 0 saturated carbocycles. The molecule has 1 amide bonds. The van der Waals surface area contributed by atoms with Crippen LogP contribution in [0.15, 0.2) is 59.0 Å². The number of carbonyl (C=O) groups excluding carboxylic acids is 1. The number of hydrogen-bond acceptors (Lipinski definition) is 5. The summed E-state index contributed by atoms with van der Waals surface area (Å²) in [4.78, 5) is 19.7. The third-order valence-corrected chi connectivity index (χ3v) is 6.96. The smallest absolute Gasteiger partial charge is 0.289 e. The Kier molecular flexibility index (Phi) is 7.46. The highest BCUT2D eigenvalue weighted by molar-refractivity contribution is 5.96. The van der Waals surface area contributed by atoms with E-state index >= 15 is 0 Å². The molecule has 0 aliphatic carbocycles. The number of fused-ring (bicyclic) bond motifs is 1. The van der Waals surface area contributed by atoms with Gasteiger partial charge in [-0.3, -0.25) is 9.69 Å². The molecule has 0 atom stereocenters. The van der Waals surface area contributed by atoms with Crippen molar-refractivity contribution in [3.63, 3.8) is 0 Å². The first-order valence-corrected chi connectivity index (χ1v) is 12.7. The Bertz CT molecular complexity index is 1030. The maximum absolute atomic E-state index is 12.9. The lowest BCUT2D eigenvalue weighted by molar-refractivity contribution is 0.0600. The Balaban J connectivity index is 1.04. The Hall–Kier alpha value is -2.83. The fourth-order valence-electron chi connectivity index (χ4n) is 4.96. The molecule has 2 aromatic carbocycles. The van der Waals surface area contributed by atoms with E-state index in [0.717, 1.165) is 55.9 Å². The number of hydrogen-bond donors (Lipinski definition) is 0. The fourth-order valence-corrected chi connectivity index (χ4v) is 4.96. The molecule has 34 heavy (non-hydrogen) atoms. The van der Waals surface area contributed by atoms with Crippen molar-refractivity contribution < 1.29 is 13.9 Å². The molecule has 6 heteroatoms. The van der Waals surface area contributed by atoms with E-state index in [9.17, 15) is 4.79 Å². The fraction of sp³-hybridized carbons (Fsp3) is 0.464. The number of likely N-dealkylation sites (tertiary alicyclic amines) is 1. The molecule has 2 saturated heterocycles. The van der Waals surface area contributed by atoms with E-state index in [-0.39, 0.29) is 5.91 Å². The molecule has 0 radical (unpaired) electrons. The summed E-state index contributed by atoms with van der Waals surface area (Å²) < 4.78 is 11.7. The van der Waals surface area contributed by atoms with Crippen LogP contribution in [0.4, 0.5) is 0 Å². The Morgan fingerprint density at radius 3 is 2.38 bits per heavy atom. The van der Waals surface area contributed by atoms with Crippen molar-refractivity contribution in [3.05, 3.63) is 65.9 Å². The summed E-state index contributed by atoms with van der Waals surface area (Å²) in [6.07, 6.45) is 5.15. The van der Waals surface area contributed by atoms with Gasteiger partial charge in [0.15, 0.2) is 5.76 Å². The third-order valence-electron chi connectivity index (χ3n) is 6.96. The molecular formula is C28H35N3O3. The van der Waals surface area contributed by atoms with Gasteiger partial charge in [0.05, 0.1) is 6.61 Å². The van der Waals surface area contributed by atoms with Gasteiger partial charge in [0.25, 0.3) is 5.91 Å². The summed E-state index contributed by atoms with van der Waals surface area (Å²) in [5, 5.41) is 0.971. The van der Waals surface area contributed by atoms with E-state index in [2.05, 4.69) is 34.1 Å². The zero-order chi connectivity index (χ0) is 23.2. The first kappa shape index (κ1) is 22.9. The normalized spacial score (nSPS) is 17.8. The van der Waals surface area contributed by atoms with E-state index in [4.69, 9.17) is 9.15 Å². The second-order valence-corrected chi connectivity index (χ2v) is 9.47. The molecular weight excluding hydrogens is 426 g/mol. The van der Waals surface area contributed by atoms with Crippen LogP contribution in [0.25, 0.3) is 11.0 Å². The van der Waals surface area contributed by atoms with Crippen LogP contribution in [0, 0.1) is 0 Å². The number of benzene rings is 2. The summed E-state index contributed by atoms with van der Waals surface area (Å²) in [6.45, 7) is 8.46. The number of piperidine rings is 1. The monoisotopic (exact) mass is 461 g/mol. The van der Waals surface area contributed by atoms with Crippen LogP contribution in [-0.2, 0) is 6.54 Å². The number of ether oxygens (including phenoxy) is 1. The van der Waals surface area contributed by atoms with Crippen molar-refractivity contribution in [3.8, 4) is 5.75 Å². The highest BCUT2D eigenvalue weighted by atomic mass is 16.5. The maximum atomic E-state index is 12.9. The van der Waals surface area contributed by atoms with Gasteiger partial charge in [-0.05, 0) is 62.2 Å². The van der Waals surface area contributed by atoms with Crippen molar-refractivity contribution in [2.24, 2.45) is 0 Å². The molecule has 0 bridgehead atoms. The Morgan fingerprint density at radius 2 is 1.62 bits per heavy atom. The van der Waals surface area contributed by atoms with E-state index < -0.39 is 0 Å². The highest BCUT2D eigenvalue weighted by Crippen LogP contribution is 2.21. The molecule has 2 aliphatic heterocycles. The second kappa shape index (κ2) is 11.1. The molecule has 0 N–H and O–H groups in total. The van der Waals surface area contributed by atoms with Crippen LogP contribution < -0.4 is 4.74 Å². The van der Waals surface area contributed by atoms with Gasteiger partial charge in [-0.15, -0.1) is 0 Å². The van der Waals surface area contributed by atoms with Gasteiger partial charge in [-0.25, -0.2) is 0 Å². The van der Waals surface area contributed by atoms with Gasteiger partial charge in [0, 0.05) is 44.7 Å². The molecule has 3 heterocycles. The minimum absolute atomic E-state index is 0.0161. The van der Waals surface area contributed by atoms with Crippen molar-refractivity contribution >= 4 is 16.9 Å². The Labute approximate surface area is 202 Å². The molecule has 3 aromatic rings. The molecule has 180 valence electrons. The van der Waals surface area contributed by atoms with Crippen LogP contribution in [0.2, 0.25) is 0 Å². The van der Waals surface area contributed by atoms with Gasteiger partial charge in [0.2, 0.25) is 0 Å². The topological polar surface area (TPSA) is 49.2 Å².